The van der Waals surface area contributed by atoms with E-state index in [0.29, 0.717) is 6.54 Å². The molecule has 2 aliphatic heterocycles. The molecule has 2 aliphatic rings. The lowest BCUT2D eigenvalue weighted by Crippen LogP contribution is -2.41. The van der Waals surface area contributed by atoms with Crippen LogP contribution in [0.25, 0.3) is 0 Å². The van der Waals surface area contributed by atoms with E-state index in [4.69, 9.17) is 23.5 Å². The molecular formula is C24H39BN2O6. The molecule has 2 heterocycles. The minimum Gasteiger partial charge on any atom is -0.496 e. The Morgan fingerprint density at radius 1 is 1.12 bits per heavy atom. The number of nitrogens with zero attached hydrogens (tertiary/aromatic N) is 1. The zero-order chi connectivity index (χ0) is 24.6. The van der Waals surface area contributed by atoms with Gasteiger partial charge in [-0.05, 0) is 72.5 Å². The Hall–Kier alpha value is -1.97. The molecule has 0 aliphatic carbocycles. The maximum atomic E-state index is 12.1. The van der Waals surface area contributed by atoms with Crippen LogP contribution in [0.15, 0.2) is 12.1 Å². The highest BCUT2D eigenvalue weighted by Crippen LogP contribution is 2.38. The van der Waals surface area contributed by atoms with Gasteiger partial charge in [-0.3, -0.25) is 4.90 Å². The van der Waals surface area contributed by atoms with E-state index in [1.807, 2.05) is 60.6 Å². The van der Waals surface area contributed by atoms with E-state index in [1.165, 1.54) is 0 Å². The number of hydrogen-bond acceptors (Lipinski definition) is 7. The van der Waals surface area contributed by atoms with Crippen molar-refractivity contribution in [1.82, 2.24) is 10.2 Å². The molecule has 2 fully saturated rings. The highest BCUT2D eigenvalue weighted by Gasteiger charge is 2.52. The van der Waals surface area contributed by atoms with Crippen LogP contribution in [-0.2, 0) is 20.6 Å². The average molecular weight is 462 g/mol. The van der Waals surface area contributed by atoms with Crippen molar-refractivity contribution in [3.8, 4) is 11.5 Å². The highest BCUT2D eigenvalue weighted by molar-refractivity contribution is 6.62. The van der Waals surface area contributed by atoms with Gasteiger partial charge >= 0.3 is 13.2 Å². The Morgan fingerprint density at radius 2 is 1.67 bits per heavy atom. The van der Waals surface area contributed by atoms with Crippen molar-refractivity contribution >= 4 is 18.7 Å². The predicted octanol–water partition coefficient (Wildman–Crippen LogP) is 3.10. The van der Waals surface area contributed by atoms with Crippen molar-refractivity contribution in [2.24, 2.45) is 0 Å². The van der Waals surface area contributed by atoms with Gasteiger partial charge in [0.15, 0.2) is 0 Å². The molecule has 33 heavy (non-hydrogen) atoms. The molecule has 1 N–H and O–H groups in total. The normalized spacial score (nSPS) is 22.3. The predicted molar refractivity (Wildman–Crippen MR) is 128 cm³/mol. The number of carbonyl (C=O) groups is 1. The molecule has 9 heteroatoms. The van der Waals surface area contributed by atoms with Crippen LogP contribution in [-0.4, -0.2) is 68.3 Å². The lowest BCUT2D eigenvalue weighted by atomic mass is 9.78. The van der Waals surface area contributed by atoms with Crippen molar-refractivity contribution < 1.29 is 28.3 Å². The first-order valence-electron chi connectivity index (χ1n) is 11.6. The van der Waals surface area contributed by atoms with E-state index in [1.54, 1.807) is 14.2 Å². The molecule has 2 saturated heterocycles. The standard InChI is InChI=1S/C24H39BN2O6/c1-22(2,3)31-21(28)26-17-10-11-27(14-17)15-18-19(29-8)12-16(13-20(18)30-9)25-32-23(4,5)24(6,7)33-25/h12-13,17H,10-11,14-15H2,1-9H3,(H,26,28). The van der Waals surface area contributed by atoms with Crippen LogP contribution in [0.2, 0.25) is 0 Å². The van der Waals surface area contributed by atoms with Gasteiger partial charge < -0.3 is 28.8 Å². The number of nitrogens with one attached hydrogen (secondary N) is 1. The number of amides is 1. The lowest BCUT2D eigenvalue weighted by Gasteiger charge is -2.32. The van der Waals surface area contributed by atoms with Gasteiger partial charge in [0.1, 0.15) is 17.1 Å². The van der Waals surface area contributed by atoms with Crippen LogP contribution in [0.1, 0.15) is 60.5 Å². The van der Waals surface area contributed by atoms with Crippen LogP contribution >= 0.6 is 0 Å². The molecule has 184 valence electrons. The number of ether oxygens (including phenoxy) is 3. The molecule has 0 saturated carbocycles. The number of alkyl carbamates (subject to hydrolysis) is 1. The van der Waals surface area contributed by atoms with Crippen LogP contribution < -0.4 is 20.3 Å². The Bertz CT molecular complexity index is 826. The largest absolute Gasteiger partial charge is 0.496 e. The third-order valence-electron chi connectivity index (χ3n) is 6.53. The minimum atomic E-state index is -0.512. The Morgan fingerprint density at radius 3 is 2.15 bits per heavy atom. The second kappa shape index (κ2) is 9.35. The summed E-state index contributed by atoms with van der Waals surface area (Å²) in [4.78, 5) is 14.4. The summed E-state index contributed by atoms with van der Waals surface area (Å²) in [6, 6.07) is 3.97. The molecule has 1 aromatic carbocycles. The number of rotatable bonds is 6. The highest BCUT2D eigenvalue weighted by atomic mass is 16.7. The number of carbonyl (C=O) groups excluding carboxylic acids is 1. The summed E-state index contributed by atoms with van der Waals surface area (Å²) < 4.78 is 29.3. The van der Waals surface area contributed by atoms with Crippen LogP contribution in [0.5, 0.6) is 11.5 Å². The zero-order valence-electron chi connectivity index (χ0n) is 21.5. The molecule has 0 aromatic heterocycles. The topological polar surface area (TPSA) is 78.5 Å². The zero-order valence-corrected chi connectivity index (χ0v) is 21.5. The van der Waals surface area contributed by atoms with E-state index in [-0.39, 0.29) is 12.1 Å². The molecule has 3 rings (SSSR count). The Labute approximate surface area is 198 Å². The van der Waals surface area contributed by atoms with Crippen LogP contribution in [0, 0.1) is 0 Å². The first-order valence-corrected chi connectivity index (χ1v) is 11.6. The molecule has 0 radical (unpaired) electrons. The number of likely N-dealkylation sites (tertiary alicyclic amines) is 1. The fourth-order valence-corrected chi connectivity index (χ4v) is 4.07. The summed E-state index contributed by atoms with van der Waals surface area (Å²) in [5, 5.41) is 2.97. The van der Waals surface area contributed by atoms with Gasteiger partial charge in [0.05, 0.1) is 31.0 Å². The Kier molecular flexibility index (Phi) is 7.27. The van der Waals surface area contributed by atoms with Crippen molar-refractivity contribution in [2.75, 3.05) is 27.3 Å². The monoisotopic (exact) mass is 462 g/mol. The van der Waals surface area contributed by atoms with Crippen LogP contribution in [0.4, 0.5) is 4.79 Å². The van der Waals surface area contributed by atoms with Gasteiger partial charge in [0.2, 0.25) is 0 Å². The fraction of sp³-hybridized carbons (Fsp3) is 0.708. The van der Waals surface area contributed by atoms with Gasteiger partial charge in [-0.2, -0.15) is 0 Å². The second-order valence-electron chi connectivity index (χ2n) is 10.9. The lowest BCUT2D eigenvalue weighted by molar-refractivity contribution is 0.00578. The van der Waals surface area contributed by atoms with Crippen LogP contribution in [0.3, 0.4) is 0 Å². The first kappa shape index (κ1) is 25.7. The van der Waals surface area contributed by atoms with Crippen molar-refractivity contribution in [3.05, 3.63) is 17.7 Å². The van der Waals surface area contributed by atoms with Gasteiger partial charge in [-0.1, -0.05) is 0 Å². The SMILES string of the molecule is COc1cc(B2OC(C)(C)C(C)(C)O2)cc(OC)c1CN1CCC(NC(=O)OC(C)(C)C)C1. The summed E-state index contributed by atoms with van der Waals surface area (Å²) in [5.41, 5.74) is 0.447. The average Bonchev–Trinajstić information content (AvgIpc) is 3.20. The van der Waals surface area contributed by atoms with Crippen molar-refractivity contribution in [3.63, 3.8) is 0 Å². The van der Waals surface area contributed by atoms with Gasteiger partial charge in [0, 0.05) is 25.7 Å². The molecule has 0 spiro atoms. The molecule has 8 nitrogen and oxygen atoms in total. The molecule has 1 atom stereocenters. The fourth-order valence-electron chi connectivity index (χ4n) is 4.07. The molecule has 0 bridgehead atoms. The third-order valence-corrected chi connectivity index (χ3v) is 6.53. The summed E-state index contributed by atoms with van der Waals surface area (Å²) in [6.07, 6.45) is 0.479. The Balaban J connectivity index is 1.72. The van der Waals surface area contributed by atoms with E-state index in [9.17, 15) is 4.79 Å². The van der Waals surface area contributed by atoms with E-state index >= 15 is 0 Å². The molecule has 1 aromatic rings. The second-order valence-corrected chi connectivity index (χ2v) is 10.9. The van der Waals surface area contributed by atoms with E-state index < -0.39 is 23.9 Å². The summed E-state index contributed by atoms with van der Waals surface area (Å²) in [5.74, 6) is 1.45. The number of hydrogen-bond donors (Lipinski definition) is 1. The number of benzene rings is 1. The quantitative estimate of drug-likeness (QED) is 0.651. The maximum absolute atomic E-state index is 12.1. The van der Waals surface area contributed by atoms with Gasteiger partial charge in [-0.15, -0.1) is 0 Å². The summed E-state index contributed by atoms with van der Waals surface area (Å²) >= 11 is 0. The molecule has 1 unspecified atom stereocenters. The first-order chi connectivity index (χ1) is 15.2. The van der Waals surface area contributed by atoms with Crippen molar-refractivity contribution in [1.29, 1.82) is 0 Å². The summed E-state index contributed by atoms with van der Waals surface area (Å²) in [6.45, 7) is 15.9. The number of methoxy groups -OCH3 is 2. The molecular weight excluding hydrogens is 423 g/mol. The summed E-state index contributed by atoms with van der Waals surface area (Å²) in [7, 11) is 2.81. The van der Waals surface area contributed by atoms with E-state index in [2.05, 4.69) is 10.2 Å². The van der Waals surface area contributed by atoms with E-state index in [0.717, 1.165) is 42.0 Å². The third kappa shape index (κ3) is 5.94. The smallest absolute Gasteiger partial charge is 0.495 e. The minimum absolute atomic E-state index is 0.0425. The van der Waals surface area contributed by atoms with Gasteiger partial charge in [0.25, 0.3) is 0 Å². The maximum Gasteiger partial charge on any atom is 0.495 e. The van der Waals surface area contributed by atoms with Gasteiger partial charge in [-0.25, -0.2) is 4.79 Å². The molecule has 1 amide bonds. The van der Waals surface area contributed by atoms with Crippen molar-refractivity contribution in [2.45, 2.75) is 84.3 Å².